The van der Waals surface area contributed by atoms with Gasteiger partial charge in [-0.25, -0.2) is 14.6 Å². The van der Waals surface area contributed by atoms with Crippen LogP contribution in [0.25, 0.3) is 16.9 Å². The molecule has 0 unspecified atom stereocenters. The van der Waals surface area contributed by atoms with Crippen molar-refractivity contribution in [1.82, 2.24) is 19.7 Å². The van der Waals surface area contributed by atoms with Crippen LogP contribution in [0.3, 0.4) is 0 Å². The number of aromatic nitrogens is 4. The van der Waals surface area contributed by atoms with Gasteiger partial charge >= 0.3 is 0 Å². The van der Waals surface area contributed by atoms with Crippen molar-refractivity contribution in [3.8, 4) is 22.7 Å². The highest BCUT2D eigenvalue weighted by Crippen LogP contribution is 2.35. The monoisotopic (exact) mass is 527 g/mol. The van der Waals surface area contributed by atoms with E-state index in [1.165, 1.54) is 12.4 Å². The predicted octanol–water partition coefficient (Wildman–Crippen LogP) is 4.90. The van der Waals surface area contributed by atoms with E-state index in [0.29, 0.717) is 35.2 Å². The zero-order chi connectivity index (χ0) is 25.9. The second-order valence-electron chi connectivity index (χ2n) is 8.21. The summed E-state index contributed by atoms with van der Waals surface area (Å²) in [5.74, 6) is 0.867. The minimum absolute atomic E-state index is 0.210. The number of nitrogens with one attached hydrogen (secondary N) is 1. The molecule has 0 atom stereocenters. The Labute approximate surface area is 214 Å². The van der Waals surface area contributed by atoms with Crippen molar-refractivity contribution in [2.24, 2.45) is 0 Å². The lowest BCUT2D eigenvalue weighted by Crippen LogP contribution is -2.13. The minimum Gasteiger partial charge on any atom is -0.488 e. The Bertz CT molecular complexity index is 1490. The molecule has 11 heteroatoms. The fourth-order valence-electron chi connectivity index (χ4n) is 3.64. The summed E-state index contributed by atoms with van der Waals surface area (Å²) >= 11 is 6.35. The van der Waals surface area contributed by atoms with Crippen LogP contribution in [0.1, 0.15) is 23.7 Å². The highest BCUT2D eigenvalue weighted by molar-refractivity contribution is 7.86. The Hall–Kier alpha value is -3.47. The van der Waals surface area contributed by atoms with Gasteiger partial charge in [0.25, 0.3) is 10.1 Å². The second kappa shape index (κ2) is 10.7. The lowest BCUT2D eigenvalue weighted by atomic mass is 10.1. The van der Waals surface area contributed by atoms with Gasteiger partial charge < -0.3 is 10.1 Å². The molecule has 0 aliphatic heterocycles. The van der Waals surface area contributed by atoms with Crippen molar-refractivity contribution in [3.63, 3.8) is 0 Å². The molecule has 2 N–H and O–H groups in total. The highest BCUT2D eigenvalue weighted by atomic mass is 35.5. The topological polar surface area (TPSA) is 119 Å². The lowest BCUT2D eigenvalue weighted by Gasteiger charge is -2.11. The maximum atomic E-state index is 12.1. The maximum Gasteiger partial charge on any atom is 0.295 e. The van der Waals surface area contributed by atoms with E-state index in [4.69, 9.17) is 16.3 Å². The largest absolute Gasteiger partial charge is 0.488 e. The number of benzene rings is 2. The van der Waals surface area contributed by atoms with E-state index >= 15 is 0 Å². The third-order valence-corrected chi connectivity index (χ3v) is 6.80. The van der Waals surface area contributed by atoms with Gasteiger partial charge in [0.1, 0.15) is 34.4 Å². The first-order chi connectivity index (χ1) is 17.2. The van der Waals surface area contributed by atoms with Crippen molar-refractivity contribution in [2.75, 3.05) is 18.5 Å². The van der Waals surface area contributed by atoms with Crippen LogP contribution in [0.2, 0.25) is 5.02 Å². The second-order valence-corrected chi connectivity index (χ2v) is 9.98. The van der Waals surface area contributed by atoms with E-state index in [1.54, 1.807) is 23.0 Å². The summed E-state index contributed by atoms with van der Waals surface area (Å²) in [6.07, 6.45) is 3.82. The van der Waals surface area contributed by atoms with Crippen LogP contribution in [-0.2, 0) is 16.5 Å². The summed E-state index contributed by atoms with van der Waals surface area (Å²) in [5, 5.41) is 8.22. The molecule has 0 amide bonds. The van der Waals surface area contributed by atoms with Gasteiger partial charge in [-0.3, -0.25) is 4.55 Å². The molecule has 4 aromatic rings. The molecule has 9 nitrogen and oxygen atoms in total. The van der Waals surface area contributed by atoms with Crippen molar-refractivity contribution >= 4 is 27.5 Å². The van der Waals surface area contributed by atoms with Gasteiger partial charge in [-0.2, -0.15) is 13.5 Å². The average Bonchev–Trinajstić information content (AvgIpc) is 3.26. The molecule has 2 aromatic carbocycles. The molecule has 2 aromatic heterocycles. The highest BCUT2D eigenvalue weighted by Gasteiger charge is 2.23. The van der Waals surface area contributed by atoms with Crippen LogP contribution >= 0.6 is 11.6 Å². The number of aryl methyl sites for hydroxylation is 3. The first kappa shape index (κ1) is 25.6. The zero-order valence-corrected chi connectivity index (χ0v) is 21.6. The van der Waals surface area contributed by atoms with Gasteiger partial charge in [-0.1, -0.05) is 47.9 Å². The molecule has 0 bridgehead atoms. The van der Waals surface area contributed by atoms with Crippen LogP contribution in [-0.4, -0.2) is 45.9 Å². The van der Waals surface area contributed by atoms with Crippen LogP contribution in [0.15, 0.2) is 59.9 Å². The summed E-state index contributed by atoms with van der Waals surface area (Å²) in [6, 6.07) is 12.3. The number of ether oxygens (including phenoxy) is 1. The SMILES string of the molecule is CCc1ncnc(NCCOc2cn(-c3ccc(C)cc3)nc2-c2cc(C)ccc2S(=O)(=O)O)c1Cl. The van der Waals surface area contributed by atoms with E-state index in [2.05, 4.69) is 20.4 Å². The van der Waals surface area contributed by atoms with Crippen LogP contribution in [0.4, 0.5) is 5.82 Å². The number of rotatable bonds is 9. The quantitative estimate of drug-likeness (QED) is 0.233. The molecule has 188 valence electrons. The molecular weight excluding hydrogens is 502 g/mol. The fraction of sp³-hybridized carbons (Fsp3) is 0.240. The molecule has 0 spiro atoms. The summed E-state index contributed by atoms with van der Waals surface area (Å²) < 4.78 is 41.7. The van der Waals surface area contributed by atoms with Crippen molar-refractivity contribution in [2.45, 2.75) is 32.1 Å². The molecule has 0 saturated heterocycles. The van der Waals surface area contributed by atoms with Gasteiger partial charge in [0, 0.05) is 5.56 Å². The van der Waals surface area contributed by atoms with Gasteiger partial charge in [-0.05, 0) is 44.5 Å². The van der Waals surface area contributed by atoms with Crippen LogP contribution < -0.4 is 10.1 Å². The van der Waals surface area contributed by atoms with E-state index in [9.17, 15) is 13.0 Å². The molecule has 0 saturated carbocycles. The zero-order valence-electron chi connectivity index (χ0n) is 20.1. The van der Waals surface area contributed by atoms with Crippen molar-refractivity contribution in [1.29, 1.82) is 0 Å². The first-order valence-corrected chi connectivity index (χ1v) is 13.1. The molecule has 0 radical (unpaired) electrons. The van der Waals surface area contributed by atoms with E-state index in [1.807, 2.05) is 45.0 Å². The van der Waals surface area contributed by atoms with Crippen LogP contribution in [0.5, 0.6) is 5.75 Å². The molecule has 0 aliphatic rings. The molecular formula is C25H26ClN5O4S. The maximum absolute atomic E-state index is 12.1. The Kier molecular flexibility index (Phi) is 7.58. The Balaban J connectivity index is 1.66. The number of hydrogen-bond acceptors (Lipinski definition) is 7. The summed E-state index contributed by atoms with van der Waals surface area (Å²) in [7, 11) is -4.49. The Morgan fingerprint density at radius 3 is 2.50 bits per heavy atom. The fourth-order valence-corrected chi connectivity index (χ4v) is 4.61. The smallest absolute Gasteiger partial charge is 0.295 e. The van der Waals surface area contributed by atoms with Crippen molar-refractivity contribution < 1.29 is 17.7 Å². The van der Waals surface area contributed by atoms with Crippen molar-refractivity contribution in [3.05, 3.63) is 76.8 Å². The van der Waals surface area contributed by atoms with E-state index in [0.717, 1.165) is 22.5 Å². The first-order valence-electron chi connectivity index (χ1n) is 11.3. The molecule has 36 heavy (non-hydrogen) atoms. The normalized spacial score (nSPS) is 11.5. The number of nitrogens with zero attached hydrogens (tertiary/aromatic N) is 4. The van der Waals surface area contributed by atoms with E-state index in [-0.39, 0.29) is 17.1 Å². The van der Waals surface area contributed by atoms with Crippen LogP contribution in [0, 0.1) is 13.8 Å². The lowest BCUT2D eigenvalue weighted by molar-refractivity contribution is 0.334. The molecule has 2 heterocycles. The molecule has 0 aliphatic carbocycles. The summed E-state index contributed by atoms with van der Waals surface area (Å²) in [6.45, 7) is 6.35. The standard InChI is InChI=1S/C25H26ClN5O4S/c1-4-20-23(26)25(29-15-28-20)27-11-12-35-21-14-31(18-8-5-16(2)6-9-18)30-24(21)19-13-17(3)7-10-22(19)36(32,33)34/h5-10,13-15H,4,11-12H2,1-3H3,(H,27,28,29)(H,32,33,34). The van der Waals surface area contributed by atoms with E-state index < -0.39 is 10.1 Å². The summed E-state index contributed by atoms with van der Waals surface area (Å²) in [4.78, 5) is 8.09. The molecule has 4 rings (SSSR count). The number of anilines is 1. The van der Waals surface area contributed by atoms with Gasteiger partial charge in [0.2, 0.25) is 0 Å². The average molecular weight is 528 g/mol. The van der Waals surface area contributed by atoms with Gasteiger partial charge in [0.15, 0.2) is 5.75 Å². The third-order valence-electron chi connectivity index (χ3n) is 5.50. The summed E-state index contributed by atoms with van der Waals surface area (Å²) in [5.41, 5.74) is 3.96. The number of halogens is 1. The van der Waals surface area contributed by atoms with Gasteiger partial charge in [-0.15, -0.1) is 0 Å². The Morgan fingerprint density at radius 2 is 1.81 bits per heavy atom. The minimum atomic E-state index is -4.49. The van der Waals surface area contributed by atoms with Gasteiger partial charge in [0.05, 0.1) is 24.1 Å². The third kappa shape index (κ3) is 5.67. The molecule has 0 fully saturated rings. The Morgan fingerprint density at radius 1 is 1.08 bits per heavy atom. The number of hydrogen-bond donors (Lipinski definition) is 2. The predicted molar refractivity (Wildman–Crippen MR) is 139 cm³/mol.